The summed E-state index contributed by atoms with van der Waals surface area (Å²) in [5.74, 6) is 0.604. The molecule has 0 spiro atoms. The molecule has 402 valence electrons. The molecular formula is C55H48Cl4FN9O9. The number of fused-ring (bicyclic) bond motifs is 3. The molecule has 0 aliphatic carbocycles. The van der Waals surface area contributed by atoms with Crippen molar-refractivity contribution >= 4 is 131 Å². The number of amides is 3. The van der Waals surface area contributed by atoms with Gasteiger partial charge < -0.3 is 61.6 Å². The lowest BCUT2D eigenvalue weighted by molar-refractivity contribution is 0.0992. The number of anilines is 6. The third-order valence-corrected chi connectivity index (χ3v) is 12.8. The molecule has 0 fully saturated rings. The molecule has 3 aromatic heterocycles. The van der Waals surface area contributed by atoms with Gasteiger partial charge in [-0.3, -0.25) is 29.3 Å². The number of carbonyl (C=O) groups excluding carboxylic acids is 3. The summed E-state index contributed by atoms with van der Waals surface area (Å²) in [6.45, 7) is 1.79. The van der Waals surface area contributed by atoms with Crippen LogP contribution in [0.15, 0.2) is 110 Å². The standard InChI is InChI=1S/C19H18FN3O3.2C18H15Cl2N3O3/c1-10-4-5-14(13(20)6-10)23-18-11-7-16(25-2)17(26-3)8-15(11)22-9-12(18)19(21)24;1-25-15-6-10-14(7-16(15)26-2)22-8-11(18(21)24)17(10)23-13-4-3-9(19)5-12(13)20;1-25-15-6-10-13(7-16(15)26-2)22-8-11(18(21)24)17(10)23-14-5-9(19)3-4-12(14)20/h4-9H,1-3H3,(H2,21,24)(H,22,23);2*3-8H,1-2H3,(H2,21,24)(H,22,23). The quantitative estimate of drug-likeness (QED) is 0.0558. The van der Waals surface area contributed by atoms with Gasteiger partial charge in [0.05, 0.1) is 120 Å². The number of ether oxygens (including phenoxy) is 6. The maximum atomic E-state index is 14.3. The maximum absolute atomic E-state index is 14.3. The van der Waals surface area contributed by atoms with Crippen LogP contribution in [-0.4, -0.2) is 75.3 Å². The predicted octanol–water partition coefficient (Wildman–Crippen LogP) is 12.3. The van der Waals surface area contributed by atoms with E-state index in [-0.39, 0.29) is 22.4 Å². The smallest absolute Gasteiger partial charge is 0.252 e. The Bertz CT molecular complexity index is 3640. The second-order valence-corrected chi connectivity index (χ2v) is 18.2. The van der Waals surface area contributed by atoms with Crippen LogP contribution in [0.25, 0.3) is 32.7 Å². The zero-order valence-electron chi connectivity index (χ0n) is 42.5. The average molecular weight is 1140 g/mol. The normalized spacial score (nSPS) is 10.6. The number of nitrogens with two attached hydrogens (primary N) is 3. The molecule has 3 heterocycles. The van der Waals surface area contributed by atoms with Crippen molar-refractivity contribution in [3.05, 3.63) is 158 Å². The first-order valence-corrected chi connectivity index (χ1v) is 24.3. The van der Waals surface area contributed by atoms with Gasteiger partial charge in [-0.15, -0.1) is 0 Å². The molecule has 0 radical (unpaired) electrons. The Morgan fingerprint density at radius 1 is 0.436 bits per heavy atom. The lowest BCUT2D eigenvalue weighted by Gasteiger charge is -2.16. The van der Waals surface area contributed by atoms with Gasteiger partial charge in [0.1, 0.15) is 5.82 Å². The molecule has 9 rings (SSSR count). The number of benzene rings is 6. The second kappa shape index (κ2) is 24.9. The molecule has 6 aromatic carbocycles. The van der Waals surface area contributed by atoms with Gasteiger partial charge in [0.15, 0.2) is 34.5 Å². The predicted molar refractivity (Wildman–Crippen MR) is 304 cm³/mol. The number of nitrogens with zero attached hydrogens (tertiary/aromatic N) is 3. The van der Waals surface area contributed by atoms with E-state index in [1.54, 1.807) is 91.9 Å². The maximum Gasteiger partial charge on any atom is 0.252 e. The van der Waals surface area contributed by atoms with Crippen LogP contribution >= 0.6 is 46.4 Å². The van der Waals surface area contributed by atoms with E-state index in [0.717, 1.165) is 5.56 Å². The van der Waals surface area contributed by atoms with Gasteiger partial charge in [0, 0.05) is 63.0 Å². The van der Waals surface area contributed by atoms with Crippen LogP contribution < -0.4 is 61.6 Å². The molecule has 78 heavy (non-hydrogen) atoms. The molecule has 0 unspecified atom stereocenters. The highest BCUT2D eigenvalue weighted by Crippen LogP contribution is 2.42. The Balaban J connectivity index is 0.000000170. The second-order valence-electron chi connectivity index (χ2n) is 16.5. The van der Waals surface area contributed by atoms with Crippen LogP contribution in [-0.2, 0) is 0 Å². The van der Waals surface area contributed by atoms with Crippen molar-refractivity contribution in [1.29, 1.82) is 0 Å². The summed E-state index contributed by atoms with van der Waals surface area (Å²) in [5.41, 5.74) is 22.2. The zero-order valence-corrected chi connectivity index (χ0v) is 45.6. The van der Waals surface area contributed by atoms with E-state index in [2.05, 4.69) is 30.9 Å². The van der Waals surface area contributed by atoms with Crippen molar-refractivity contribution in [2.75, 3.05) is 58.6 Å². The van der Waals surface area contributed by atoms with Gasteiger partial charge in [-0.2, -0.15) is 0 Å². The zero-order chi connectivity index (χ0) is 56.5. The van der Waals surface area contributed by atoms with Crippen LogP contribution in [0.4, 0.5) is 38.5 Å². The minimum Gasteiger partial charge on any atom is -0.493 e. The van der Waals surface area contributed by atoms with Crippen molar-refractivity contribution in [3.63, 3.8) is 0 Å². The summed E-state index contributed by atoms with van der Waals surface area (Å²) in [7, 11) is 9.14. The largest absolute Gasteiger partial charge is 0.493 e. The summed E-state index contributed by atoms with van der Waals surface area (Å²) in [4.78, 5) is 48.5. The molecule has 0 aliphatic heterocycles. The number of methoxy groups -OCH3 is 6. The Morgan fingerprint density at radius 2 is 0.782 bits per heavy atom. The summed E-state index contributed by atoms with van der Waals surface area (Å²) in [5, 5.41) is 12.9. The summed E-state index contributed by atoms with van der Waals surface area (Å²) in [6.07, 6.45) is 4.16. The topological polar surface area (TPSA) is 259 Å². The van der Waals surface area contributed by atoms with Gasteiger partial charge in [0.2, 0.25) is 0 Å². The number of rotatable bonds is 15. The fourth-order valence-electron chi connectivity index (χ4n) is 7.83. The van der Waals surface area contributed by atoms with Crippen LogP contribution in [0, 0.1) is 12.7 Å². The third kappa shape index (κ3) is 12.6. The minimum atomic E-state index is -0.677. The first-order chi connectivity index (χ1) is 37.3. The lowest BCUT2D eigenvalue weighted by Crippen LogP contribution is -2.14. The number of carbonyl (C=O) groups is 3. The van der Waals surface area contributed by atoms with E-state index in [1.165, 1.54) is 67.3 Å². The Hall–Kier alpha value is -8.75. The third-order valence-electron chi connectivity index (χ3n) is 11.7. The van der Waals surface area contributed by atoms with E-state index < -0.39 is 23.5 Å². The first-order valence-electron chi connectivity index (χ1n) is 22.8. The highest BCUT2D eigenvalue weighted by molar-refractivity contribution is 6.37. The Kier molecular flexibility index (Phi) is 18.2. The van der Waals surface area contributed by atoms with Crippen molar-refractivity contribution in [2.24, 2.45) is 17.2 Å². The fourth-order valence-corrected chi connectivity index (χ4v) is 8.62. The van der Waals surface area contributed by atoms with Crippen molar-refractivity contribution in [3.8, 4) is 34.5 Å². The molecule has 9 aromatic rings. The summed E-state index contributed by atoms with van der Waals surface area (Å²) >= 11 is 24.5. The van der Waals surface area contributed by atoms with Crippen LogP contribution in [0.1, 0.15) is 36.6 Å². The number of pyridine rings is 3. The molecule has 0 saturated heterocycles. The lowest BCUT2D eigenvalue weighted by atomic mass is 10.1. The average Bonchev–Trinajstić information content (AvgIpc) is 3.48. The highest BCUT2D eigenvalue weighted by Gasteiger charge is 2.21. The number of nitrogens with one attached hydrogen (secondary N) is 3. The van der Waals surface area contributed by atoms with Crippen LogP contribution in [0.5, 0.6) is 34.5 Å². The van der Waals surface area contributed by atoms with Crippen molar-refractivity contribution in [1.82, 2.24) is 15.0 Å². The number of hydrogen-bond donors (Lipinski definition) is 6. The number of primary amides is 3. The molecule has 18 nitrogen and oxygen atoms in total. The van der Waals surface area contributed by atoms with E-state index in [1.807, 2.05) is 0 Å². The highest BCUT2D eigenvalue weighted by atomic mass is 35.5. The van der Waals surface area contributed by atoms with Crippen LogP contribution in [0.3, 0.4) is 0 Å². The van der Waals surface area contributed by atoms with E-state index in [9.17, 15) is 18.8 Å². The van der Waals surface area contributed by atoms with Crippen LogP contribution in [0.2, 0.25) is 20.1 Å². The molecule has 0 atom stereocenters. The molecule has 23 heteroatoms. The summed E-state index contributed by atoms with van der Waals surface area (Å²) < 4.78 is 46.2. The van der Waals surface area contributed by atoms with Gasteiger partial charge >= 0.3 is 0 Å². The van der Waals surface area contributed by atoms with Gasteiger partial charge in [-0.1, -0.05) is 52.5 Å². The Morgan fingerprint density at radius 3 is 1.15 bits per heavy atom. The van der Waals surface area contributed by atoms with Gasteiger partial charge in [0.25, 0.3) is 17.7 Å². The van der Waals surface area contributed by atoms with Crippen molar-refractivity contribution in [2.45, 2.75) is 6.92 Å². The number of halogens is 5. The monoisotopic (exact) mass is 1140 g/mol. The fraction of sp³-hybridized carbons (Fsp3) is 0.127. The Labute approximate surface area is 465 Å². The molecule has 0 aliphatic rings. The summed E-state index contributed by atoms with van der Waals surface area (Å²) in [6, 6.07) is 25.0. The van der Waals surface area contributed by atoms with Crippen molar-refractivity contribution < 1.29 is 47.2 Å². The van der Waals surface area contributed by atoms with Gasteiger partial charge in [-0.05, 0) is 79.2 Å². The minimum absolute atomic E-state index is 0.143. The number of aromatic nitrogens is 3. The first kappa shape index (κ1) is 57.0. The SMILES string of the molecule is COc1cc2ncc(C(N)=O)c(Nc3cc(Cl)ccc3Cl)c2cc1OC.COc1cc2ncc(C(N)=O)c(Nc3ccc(C)cc3F)c2cc1OC.COc1cc2ncc(C(N)=O)c(Nc3ccc(Cl)cc3Cl)c2cc1OC. The molecule has 3 amide bonds. The number of aryl methyl sites for hydroxylation is 1. The number of hydrogen-bond acceptors (Lipinski definition) is 15. The van der Waals surface area contributed by atoms with E-state index in [4.69, 9.17) is 92.0 Å². The molecule has 0 saturated carbocycles. The van der Waals surface area contributed by atoms with E-state index in [0.29, 0.717) is 116 Å². The van der Waals surface area contributed by atoms with Gasteiger partial charge in [-0.25, -0.2) is 4.39 Å². The molecule has 9 N–H and O–H groups in total. The van der Waals surface area contributed by atoms with E-state index >= 15 is 0 Å². The molecular weight excluding hydrogens is 1090 g/mol. The molecule has 0 bridgehead atoms.